The van der Waals surface area contributed by atoms with Gasteiger partial charge < -0.3 is 10.2 Å². The molecule has 2 unspecified atom stereocenters. The van der Waals surface area contributed by atoms with E-state index in [1.807, 2.05) is 13.1 Å². The second-order valence-electron chi connectivity index (χ2n) is 5.09. The molecule has 1 aliphatic rings. The van der Waals surface area contributed by atoms with E-state index in [1.165, 1.54) is 6.07 Å². The Morgan fingerprint density at radius 3 is 3.00 bits per heavy atom. The smallest absolute Gasteiger partial charge is 0.141 e. The Balaban J connectivity index is 2.08. The van der Waals surface area contributed by atoms with Crippen molar-refractivity contribution < 1.29 is 8.81 Å². The van der Waals surface area contributed by atoms with Crippen LogP contribution in [0.4, 0.5) is 4.39 Å². The summed E-state index contributed by atoms with van der Waals surface area (Å²) in [5.74, 6) is 0.247. The van der Waals surface area contributed by atoms with Crippen LogP contribution >= 0.6 is 0 Å². The molecule has 0 radical (unpaired) electrons. The summed E-state index contributed by atoms with van der Waals surface area (Å²) in [7, 11) is 2.02. The Morgan fingerprint density at radius 1 is 1.44 bits per heavy atom. The van der Waals surface area contributed by atoms with Gasteiger partial charge in [0, 0.05) is 23.5 Å². The summed E-state index contributed by atoms with van der Waals surface area (Å²) in [6.45, 7) is 1.56. The predicted molar refractivity (Wildman–Crippen MR) is 68.7 cm³/mol. The third-order valence-electron chi connectivity index (χ3n) is 3.91. The van der Waals surface area contributed by atoms with Gasteiger partial charge in [-0.15, -0.1) is 0 Å². The second-order valence-corrected chi connectivity index (χ2v) is 5.09. The summed E-state index contributed by atoms with van der Waals surface area (Å²) >= 11 is 0. The fraction of sp³-hybridized carbons (Fsp3) is 0.429. The number of nitrogens with two attached hydrogens (primary N) is 1. The van der Waals surface area contributed by atoms with Crippen molar-refractivity contribution in [3.8, 4) is 0 Å². The van der Waals surface area contributed by atoms with Gasteiger partial charge in [-0.1, -0.05) is 0 Å². The molecule has 0 amide bonds. The number of hydrogen-bond donors (Lipinski definition) is 1. The van der Waals surface area contributed by atoms with E-state index in [9.17, 15) is 4.39 Å². The highest BCUT2D eigenvalue weighted by atomic mass is 19.1. The fourth-order valence-electron chi connectivity index (χ4n) is 2.95. The van der Waals surface area contributed by atoms with E-state index in [4.69, 9.17) is 10.2 Å². The minimum Gasteiger partial charge on any atom is -0.464 e. The first kappa shape index (κ1) is 11.7. The van der Waals surface area contributed by atoms with Gasteiger partial charge in [0.1, 0.15) is 11.4 Å². The maximum Gasteiger partial charge on any atom is 0.141 e. The molecule has 2 aromatic rings. The van der Waals surface area contributed by atoms with Crippen LogP contribution in [-0.2, 0) is 0 Å². The first-order valence-electron chi connectivity index (χ1n) is 6.26. The Hall–Kier alpha value is -1.39. The van der Waals surface area contributed by atoms with Crippen LogP contribution < -0.4 is 5.73 Å². The third-order valence-corrected chi connectivity index (χ3v) is 3.91. The number of benzene rings is 1. The summed E-state index contributed by atoms with van der Waals surface area (Å²) in [5.41, 5.74) is 7.07. The zero-order valence-corrected chi connectivity index (χ0v) is 10.4. The lowest BCUT2D eigenvalue weighted by Crippen LogP contribution is -2.21. The van der Waals surface area contributed by atoms with Crippen LogP contribution in [0.5, 0.6) is 0 Å². The lowest BCUT2D eigenvalue weighted by atomic mass is 9.98. The first-order chi connectivity index (χ1) is 8.70. The van der Waals surface area contributed by atoms with Gasteiger partial charge in [0.2, 0.25) is 0 Å². The first-order valence-corrected chi connectivity index (χ1v) is 6.26. The minimum atomic E-state index is -0.188. The van der Waals surface area contributed by atoms with Crippen LogP contribution in [0.1, 0.15) is 18.0 Å². The summed E-state index contributed by atoms with van der Waals surface area (Å²) in [6, 6.07) is 5.21. The molecule has 18 heavy (non-hydrogen) atoms. The largest absolute Gasteiger partial charge is 0.464 e. The van der Waals surface area contributed by atoms with E-state index in [0.717, 1.165) is 18.4 Å². The number of fused-ring (bicyclic) bond motifs is 1. The summed E-state index contributed by atoms with van der Waals surface area (Å²) in [5, 5.41) is 0.955. The van der Waals surface area contributed by atoms with Crippen LogP contribution in [0.2, 0.25) is 0 Å². The molecule has 96 valence electrons. The minimum absolute atomic E-state index is 0.0633. The molecule has 2 N–H and O–H groups in total. The highest BCUT2D eigenvalue weighted by molar-refractivity contribution is 5.81. The van der Waals surface area contributed by atoms with Crippen LogP contribution in [0.25, 0.3) is 11.0 Å². The van der Waals surface area contributed by atoms with Gasteiger partial charge in [-0.25, -0.2) is 4.39 Å². The van der Waals surface area contributed by atoms with E-state index in [-0.39, 0.29) is 11.9 Å². The van der Waals surface area contributed by atoms with Crippen LogP contribution in [0.15, 0.2) is 28.9 Å². The number of rotatable bonds is 2. The maximum atomic E-state index is 14.1. The fourth-order valence-corrected chi connectivity index (χ4v) is 2.95. The number of hydrogen-bond acceptors (Lipinski definition) is 3. The highest BCUT2D eigenvalue weighted by Crippen LogP contribution is 2.38. The number of nitrogens with zero attached hydrogens (tertiary/aromatic N) is 1. The third kappa shape index (κ3) is 1.72. The highest BCUT2D eigenvalue weighted by Gasteiger charge is 2.33. The van der Waals surface area contributed by atoms with Gasteiger partial charge in [0.25, 0.3) is 0 Å². The molecule has 0 aliphatic carbocycles. The van der Waals surface area contributed by atoms with Gasteiger partial charge in [-0.05, 0) is 44.1 Å². The molecule has 3 nitrogen and oxygen atoms in total. The van der Waals surface area contributed by atoms with Crippen LogP contribution in [-0.4, -0.2) is 25.0 Å². The Morgan fingerprint density at radius 2 is 2.28 bits per heavy atom. The lowest BCUT2D eigenvalue weighted by Gasteiger charge is -2.20. The van der Waals surface area contributed by atoms with E-state index in [2.05, 4.69) is 4.90 Å². The Kier molecular flexibility index (Phi) is 2.84. The summed E-state index contributed by atoms with van der Waals surface area (Å²) < 4.78 is 19.6. The van der Waals surface area contributed by atoms with E-state index >= 15 is 0 Å². The van der Waals surface area contributed by atoms with Crippen LogP contribution in [0, 0.1) is 11.7 Å². The zero-order valence-electron chi connectivity index (χ0n) is 10.4. The molecular formula is C14H17FN2O. The molecule has 1 aromatic heterocycles. The molecule has 1 aromatic carbocycles. The van der Waals surface area contributed by atoms with Crippen molar-refractivity contribution in [3.05, 3.63) is 35.8 Å². The van der Waals surface area contributed by atoms with Gasteiger partial charge in [-0.3, -0.25) is 4.90 Å². The van der Waals surface area contributed by atoms with Crippen molar-refractivity contribution in [1.29, 1.82) is 0 Å². The molecule has 4 heteroatoms. The number of furan rings is 1. The van der Waals surface area contributed by atoms with Crippen molar-refractivity contribution in [3.63, 3.8) is 0 Å². The summed E-state index contributed by atoms with van der Waals surface area (Å²) in [6.07, 6.45) is 2.51. The normalized spacial score (nSPS) is 25.1. The second kappa shape index (κ2) is 4.37. The van der Waals surface area contributed by atoms with Crippen molar-refractivity contribution in [1.82, 2.24) is 4.90 Å². The van der Waals surface area contributed by atoms with Crippen molar-refractivity contribution >= 4 is 11.0 Å². The zero-order chi connectivity index (χ0) is 12.7. The molecule has 0 saturated carbocycles. The quantitative estimate of drug-likeness (QED) is 0.888. The molecule has 1 saturated heterocycles. The molecule has 1 aliphatic heterocycles. The molecule has 0 spiro atoms. The van der Waals surface area contributed by atoms with Gasteiger partial charge >= 0.3 is 0 Å². The van der Waals surface area contributed by atoms with E-state index < -0.39 is 0 Å². The average Bonchev–Trinajstić information content (AvgIpc) is 2.96. The van der Waals surface area contributed by atoms with E-state index in [0.29, 0.717) is 23.6 Å². The monoisotopic (exact) mass is 248 g/mol. The molecule has 2 heterocycles. The molecular weight excluding hydrogens is 231 g/mol. The van der Waals surface area contributed by atoms with Crippen molar-refractivity contribution in [2.75, 3.05) is 20.1 Å². The predicted octanol–water partition coefficient (Wildman–Crippen LogP) is 2.52. The Bertz CT molecular complexity index is 566. The maximum absolute atomic E-state index is 14.1. The number of likely N-dealkylation sites (tertiary alicyclic amines) is 1. The van der Waals surface area contributed by atoms with Crippen LogP contribution in [0.3, 0.4) is 0 Å². The van der Waals surface area contributed by atoms with Gasteiger partial charge in [0.05, 0.1) is 6.26 Å². The molecule has 0 bridgehead atoms. The SMILES string of the molecule is CN1CC(CN)CC1c1c(F)ccc2ccoc12. The van der Waals surface area contributed by atoms with Gasteiger partial charge in [0.15, 0.2) is 0 Å². The van der Waals surface area contributed by atoms with Crippen molar-refractivity contribution in [2.45, 2.75) is 12.5 Å². The molecule has 3 rings (SSSR count). The topological polar surface area (TPSA) is 42.4 Å². The van der Waals surface area contributed by atoms with E-state index in [1.54, 1.807) is 12.3 Å². The standard InChI is InChI=1S/C14H17FN2O/c1-17-8-9(7-16)6-12(17)13-11(15)3-2-10-4-5-18-14(10)13/h2-5,9,12H,6-8,16H2,1H3. The average molecular weight is 248 g/mol. The molecule has 1 fully saturated rings. The van der Waals surface area contributed by atoms with Crippen molar-refractivity contribution in [2.24, 2.45) is 11.7 Å². The Labute approximate surface area is 105 Å². The number of halogens is 1. The van der Waals surface area contributed by atoms with Gasteiger partial charge in [-0.2, -0.15) is 0 Å². The summed E-state index contributed by atoms with van der Waals surface area (Å²) in [4.78, 5) is 2.16. The lowest BCUT2D eigenvalue weighted by molar-refractivity contribution is 0.306. The molecule has 2 atom stereocenters.